The van der Waals surface area contributed by atoms with Gasteiger partial charge in [0.1, 0.15) is 5.65 Å². The van der Waals surface area contributed by atoms with Gasteiger partial charge in [0.25, 0.3) is 5.91 Å². The van der Waals surface area contributed by atoms with Gasteiger partial charge in [-0.05, 0) is 74.2 Å². The SMILES string of the molecule is Cc1ccc(C(=O)Nc2cc(-c3cn4cccc(C)c4n3)ccc2C)cc1C. The van der Waals surface area contributed by atoms with Crippen molar-refractivity contribution in [3.63, 3.8) is 0 Å². The van der Waals surface area contributed by atoms with Gasteiger partial charge in [0.15, 0.2) is 0 Å². The van der Waals surface area contributed by atoms with Crippen molar-refractivity contribution in [2.75, 3.05) is 5.32 Å². The lowest BCUT2D eigenvalue weighted by Crippen LogP contribution is -2.13. The third-order valence-electron chi connectivity index (χ3n) is 5.23. The first-order chi connectivity index (χ1) is 13.4. The molecule has 28 heavy (non-hydrogen) atoms. The van der Waals surface area contributed by atoms with Gasteiger partial charge in [-0.15, -0.1) is 0 Å². The van der Waals surface area contributed by atoms with Gasteiger partial charge in [-0.2, -0.15) is 0 Å². The third kappa shape index (κ3) is 3.29. The highest BCUT2D eigenvalue weighted by atomic mass is 16.1. The fourth-order valence-electron chi connectivity index (χ4n) is 3.29. The van der Waals surface area contributed by atoms with E-state index in [1.807, 2.05) is 80.0 Å². The molecule has 4 heteroatoms. The zero-order valence-corrected chi connectivity index (χ0v) is 16.6. The Hall–Kier alpha value is -3.40. The van der Waals surface area contributed by atoms with Crippen LogP contribution < -0.4 is 5.32 Å². The summed E-state index contributed by atoms with van der Waals surface area (Å²) in [6.45, 7) is 8.11. The van der Waals surface area contributed by atoms with Crippen LogP contribution in [0.25, 0.3) is 16.9 Å². The smallest absolute Gasteiger partial charge is 0.255 e. The molecule has 0 spiro atoms. The van der Waals surface area contributed by atoms with Gasteiger partial charge in [-0.3, -0.25) is 4.79 Å². The molecule has 4 nitrogen and oxygen atoms in total. The number of nitrogens with one attached hydrogen (secondary N) is 1. The van der Waals surface area contributed by atoms with Crippen molar-refractivity contribution < 1.29 is 4.79 Å². The van der Waals surface area contributed by atoms with Crippen LogP contribution in [-0.2, 0) is 0 Å². The van der Waals surface area contributed by atoms with Gasteiger partial charge < -0.3 is 9.72 Å². The van der Waals surface area contributed by atoms with E-state index in [4.69, 9.17) is 4.98 Å². The lowest BCUT2D eigenvalue weighted by molar-refractivity contribution is 0.102. The maximum atomic E-state index is 12.7. The average Bonchev–Trinajstić information content (AvgIpc) is 3.11. The van der Waals surface area contributed by atoms with Gasteiger partial charge in [0, 0.05) is 29.2 Å². The van der Waals surface area contributed by atoms with E-state index in [-0.39, 0.29) is 5.91 Å². The first kappa shape index (κ1) is 18.0. The van der Waals surface area contributed by atoms with Crippen molar-refractivity contribution in [1.29, 1.82) is 0 Å². The number of carbonyl (C=O) groups excluding carboxylic acids is 1. The number of imidazole rings is 1. The number of benzene rings is 2. The Morgan fingerprint density at radius 1 is 0.893 bits per heavy atom. The number of rotatable bonds is 3. The van der Waals surface area contributed by atoms with Crippen LogP contribution in [0.2, 0.25) is 0 Å². The monoisotopic (exact) mass is 369 g/mol. The fourth-order valence-corrected chi connectivity index (χ4v) is 3.29. The van der Waals surface area contributed by atoms with E-state index in [9.17, 15) is 4.79 Å². The molecule has 0 fully saturated rings. The molecule has 2 heterocycles. The third-order valence-corrected chi connectivity index (χ3v) is 5.23. The van der Waals surface area contributed by atoms with Gasteiger partial charge in [-0.1, -0.05) is 24.3 Å². The van der Waals surface area contributed by atoms with E-state index in [2.05, 4.69) is 18.3 Å². The molecule has 0 saturated heterocycles. The van der Waals surface area contributed by atoms with Crippen molar-refractivity contribution in [3.8, 4) is 11.3 Å². The molecule has 1 N–H and O–H groups in total. The summed E-state index contributed by atoms with van der Waals surface area (Å²) in [7, 11) is 0. The molecule has 4 rings (SSSR count). The van der Waals surface area contributed by atoms with Crippen LogP contribution in [0.5, 0.6) is 0 Å². The molecule has 4 aromatic rings. The first-order valence-electron chi connectivity index (χ1n) is 9.36. The predicted octanol–water partition coefficient (Wildman–Crippen LogP) is 5.49. The molecular weight excluding hydrogens is 346 g/mol. The van der Waals surface area contributed by atoms with Crippen molar-refractivity contribution >= 4 is 17.2 Å². The number of pyridine rings is 1. The number of carbonyl (C=O) groups is 1. The second kappa shape index (κ2) is 6.97. The molecule has 0 radical (unpaired) electrons. The van der Waals surface area contributed by atoms with Gasteiger partial charge >= 0.3 is 0 Å². The van der Waals surface area contributed by atoms with E-state index < -0.39 is 0 Å². The second-order valence-electron chi connectivity index (χ2n) is 7.33. The zero-order chi connectivity index (χ0) is 19.8. The standard InChI is InChI=1S/C24H23N3O/c1-15-7-10-20(12-18(15)4)24(28)26-21-13-19(9-8-16(21)2)22-14-27-11-5-6-17(3)23(27)25-22/h5-14H,1-4H3,(H,26,28). The Morgan fingerprint density at radius 3 is 2.43 bits per heavy atom. The van der Waals surface area contributed by atoms with E-state index in [1.54, 1.807) is 0 Å². The molecule has 0 atom stereocenters. The number of nitrogens with zero attached hydrogens (tertiary/aromatic N) is 2. The highest BCUT2D eigenvalue weighted by Gasteiger charge is 2.12. The quantitative estimate of drug-likeness (QED) is 0.519. The minimum atomic E-state index is -0.103. The number of fused-ring (bicyclic) bond motifs is 1. The summed E-state index contributed by atoms with van der Waals surface area (Å²) in [4.78, 5) is 17.5. The van der Waals surface area contributed by atoms with Crippen molar-refractivity contribution in [2.45, 2.75) is 27.7 Å². The topological polar surface area (TPSA) is 46.4 Å². The Balaban J connectivity index is 1.67. The van der Waals surface area contributed by atoms with Crippen LogP contribution in [0.15, 0.2) is 60.9 Å². The van der Waals surface area contributed by atoms with E-state index in [1.165, 1.54) is 5.56 Å². The molecule has 140 valence electrons. The van der Waals surface area contributed by atoms with Crippen molar-refractivity contribution in [2.24, 2.45) is 0 Å². The lowest BCUT2D eigenvalue weighted by Gasteiger charge is -2.11. The minimum absolute atomic E-state index is 0.103. The van der Waals surface area contributed by atoms with Crippen LogP contribution >= 0.6 is 0 Å². The normalized spacial score (nSPS) is 11.0. The van der Waals surface area contributed by atoms with Gasteiger partial charge in [0.05, 0.1) is 5.69 Å². The Kier molecular flexibility index (Phi) is 4.47. The van der Waals surface area contributed by atoms with Crippen LogP contribution in [0.3, 0.4) is 0 Å². The number of hydrogen-bond donors (Lipinski definition) is 1. The molecule has 0 bridgehead atoms. The van der Waals surface area contributed by atoms with E-state index in [0.717, 1.165) is 39.3 Å². The van der Waals surface area contributed by atoms with Gasteiger partial charge in [0.2, 0.25) is 0 Å². The average molecular weight is 369 g/mol. The Morgan fingerprint density at radius 2 is 1.68 bits per heavy atom. The highest BCUT2D eigenvalue weighted by molar-refractivity contribution is 6.05. The molecule has 0 aliphatic carbocycles. The molecule has 0 aliphatic heterocycles. The molecule has 1 amide bonds. The van der Waals surface area contributed by atoms with Crippen LogP contribution in [0.1, 0.15) is 32.6 Å². The highest BCUT2D eigenvalue weighted by Crippen LogP contribution is 2.26. The summed E-state index contributed by atoms with van der Waals surface area (Å²) in [5.41, 5.74) is 8.70. The Bertz CT molecular complexity index is 1200. The summed E-state index contributed by atoms with van der Waals surface area (Å²) in [6.07, 6.45) is 4.01. The van der Waals surface area contributed by atoms with Crippen LogP contribution in [0.4, 0.5) is 5.69 Å². The lowest BCUT2D eigenvalue weighted by atomic mass is 10.0. The van der Waals surface area contributed by atoms with E-state index in [0.29, 0.717) is 5.56 Å². The summed E-state index contributed by atoms with van der Waals surface area (Å²) in [5.74, 6) is -0.103. The molecule has 0 saturated carbocycles. The van der Waals surface area contributed by atoms with Crippen molar-refractivity contribution in [1.82, 2.24) is 9.38 Å². The van der Waals surface area contributed by atoms with Crippen molar-refractivity contribution in [3.05, 3.63) is 88.7 Å². The maximum Gasteiger partial charge on any atom is 0.255 e. The van der Waals surface area contributed by atoms with Crippen LogP contribution in [-0.4, -0.2) is 15.3 Å². The van der Waals surface area contributed by atoms with E-state index >= 15 is 0 Å². The number of aryl methyl sites for hydroxylation is 4. The molecule has 2 aromatic carbocycles. The number of amides is 1. The summed E-state index contributed by atoms with van der Waals surface area (Å²) in [5, 5.41) is 3.05. The predicted molar refractivity (Wildman–Crippen MR) is 114 cm³/mol. The zero-order valence-electron chi connectivity index (χ0n) is 16.6. The molecule has 0 aliphatic rings. The second-order valence-corrected chi connectivity index (χ2v) is 7.33. The number of hydrogen-bond acceptors (Lipinski definition) is 2. The van der Waals surface area contributed by atoms with Gasteiger partial charge in [-0.25, -0.2) is 4.98 Å². The number of aromatic nitrogens is 2. The summed E-state index contributed by atoms with van der Waals surface area (Å²) < 4.78 is 2.03. The summed E-state index contributed by atoms with van der Waals surface area (Å²) >= 11 is 0. The molecule has 0 unspecified atom stereocenters. The minimum Gasteiger partial charge on any atom is -0.322 e. The van der Waals surface area contributed by atoms with Crippen LogP contribution in [0, 0.1) is 27.7 Å². The first-order valence-corrected chi connectivity index (χ1v) is 9.36. The largest absolute Gasteiger partial charge is 0.322 e. The maximum absolute atomic E-state index is 12.7. The Labute approximate surface area is 164 Å². The molecular formula is C24H23N3O. The summed E-state index contributed by atoms with van der Waals surface area (Å²) in [6, 6.07) is 15.9. The fraction of sp³-hybridized carbons (Fsp3) is 0.167. The number of anilines is 1. The molecule has 2 aromatic heterocycles.